The number of amides is 1. The molecular weight excluding hydrogens is 332 g/mol. The van der Waals surface area contributed by atoms with Crippen LogP contribution in [0, 0.1) is 13.8 Å². The predicted molar refractivity (Wildman–Crippen MR) is 99.2 cm³/mol. The zero-order valence-corrected chi connectivity index (χ0v) is 15.2. The van der Waals surface area contributed by atoms with Crippen molar-refractivity contribution < 1.29 is 4.79 Å². The average molecular weight is 352 g/mol. The summed E-state index contributed by atoms with van der Waals surface area (Å²) in [6.07, 6.45) is 4.29. The lowest BCUT2D eigenvalue weighted by molar-refractivity contribution is 0.0954. The number of aryl methyl sites for hydroxylation is 4. The number of nitrogens with zero attached hydrogens (tertiary/aromatic N) is 3. The highest BCUT2D eigenvalue weighted by Crippen LogP contribution is 2.27. The van der Waals surface area contributed by atoms with E-state index in [2.05, 4.69) is 20.3 Å². The number of carbonyl (C=O) groups is 1. The standard InChI is InChI=1S/C19H20N4OS/c1-11-12(2)22-16-10-13(6-7-14(16)21-11)19(24)20-9-8-18-23-15-4-3-5-17(15)25-18/h6-7,10H,3-5,8-9H2,1-2H3,(H,20,24). The Balaban J connectivity index is 1.41. The summed E-state index contributed by atoms with van der Waals surface area (Å²) < 4.78 is 0. The molecule has 6 heteroatoms. The monoisotopic (exact) mass is 352 g/mol. The van der Waals surface area contributed by atoms with E-state index in [0.717, 1.165) is 46.7 Å². The third-order valence-corrected chi connectivity index (χ3v) is 5.82. The minimum Gasteiger partial charge on any atom is -0.352 e. The maximum absolute atomic E-state index is 12.4. The molecule has 25 heavy (non-hydrogen) atoms. The Kier molecular flexibility index (Phi) is 4.21. The van der Waals surface area contributed by atoms with Crippen molar-refractivity contribution >= 4 is 28.3 Å². The molecule has 1 amide bonds. The topological polar surface area (TPSA) is 67.8 Å². The van der Waals surface area contributed by atoms with Gasteiger partial charge in [0.25, 0.3) is 5.91 Å². The van der Waals surface area contributed by atoms with Crippen molar-refractivity contribution in [2.45, 2.75) is 39.5 Å². The number of thiazole rings is 1. The first-order chi connectivity index (χ1) is 12.1. The lowest BCUT2D eigenvalue weighted by Crippen LogP contribution is -2.25. The molecule has 1 aliphatic carbocycles. The molecule has 0 atom stereocenters. The molecule has 0 saturated carbocycles. The maximum Gasteiger partial charge on any atom is 0.251 e. The number of rotatable bonds is 4. The van der Waals surface area contributed by atoms with Gasteiger partial charge in [0.2, 0.25) is 0 Å². The highest BCUT2D eigenvalue weighted by atomic mass is 32.1. The molecule has 5 nitrogen and oxygen atoms in total. The molecule has 1 aliphatic rings. The van der Waals surface area contributed by atoms with Crippen molar-refractivity contribution in [1.82, 2.24) is 20.3 Å². The fraction of sp³-hybridized carbons (Fsp3) is 0.368. The van der Waals surface area contributed by atoms with Crippen LogP contribution < -0.4 is 5.32 Å². The molecular formula is C19H20N4OS. The summed E-state index contributed by atoms with van der Waals surface area (Å²) >= 11 is 1.79. The van der Waals surface area contributed by atoms with Gasteiger partial charge in [-0.1, -0.05) is 0 Å². The normalized spacial score (nSPS) is 13.2. The molecule has 1 aromatic carbocycles. The van der Waals surface area contributed by atoms with E-state index in [1.54, 1.807) is 17.4 Å². The van der Waals surface area contributed by atoms with E-state index in [-0.39, 0.29) is 5.91 Å². The minimum absolute atomic E-state index is 0.0778. The van der Waals surface area contributed by atoms with Gasteiger partial charge in [-0.15, -0.1) is 11.3 Å². The SMILES string of the molecule is Cc1nc2ccc(C(=O)NCCc3nc4c(s3)CCC4)cc2nc1C. The predicted octanol–water partition coefficient (Wildman–Crippen LogP) is 3.16. The summed E-state index contributed by atoms with van der Waals surface area (Å²) in [6.45, 7) is 4.47. The second-order valence-electron chi connectivity index (χ2n) is 6.43. The number of aromatic nitrogens is 3. The van der Waals surface area contributed by atoms with E-state index in [0.29, 0.717) is 12.1 Å². The van der Waals surface area contributed by atoms with Gasteiger partial charge in [-0.25, -0.2) is 15.0 Å². The molecule has 2 heterocycles. The summed E-state index contributed by atoms with van der Waals surface area (Å²) in [7, 11) is 0. The Morgan fingerprint density at radius 1 is 1.12 bits per heavy atom. The number of nitrogens with one attached hydrogen (secondary N) is 1. The second-order valence-corrected chi connectivity index (χ2v) is 7.60. The Bertz CT molecular complexity index is 942. The van der Waals surface area contributed by atoms with Gasteiger partial charge in [0.05, 0.1) is 33.1 Å². The molecule has 1 N–H and O–H groups in total. The molecule has 0 saturated heterocycles. The van der Waals surface area contributed by atoms with Gasteiger partial charge in [0.15, 0.2) is 0 Å². The molecule has 3 aromatic rings. The number of carbonyl (C=O) groups excluding carboxylic acids is 1. The summed E-state index contributed by atoms with van der Waals surface area (Å²) in [5, 5.41) is 4.11. The molecule has 0 aliphatic heterocycles. The first-order valence-corrected chi connectivity index (χ1v) is 9.42. The van der Waals surface area contributed by atoms with Crippen LogP contribution in [0.5, 0.6) is 0 Å². The van der Waals surface area contributed by atoms with Gasteiger partial charge in [0.1, 0.15) is 0 Å². The second kappa shape index (κ2) is 6.52. The zero-order chi connectivity index (χ0) is 17.4. The van der Waals surface area contributed by atoms with Crippen molar-refractivity contribution in [3.05, 3.63) is 50.7 Å². The van der Waals surface area contributed by atoms with Crippen LogP contribution >= 0.6 is 11.3 Å². The third kappa shape index (κ3) is 3.26. The van der Waals surface area contributed by atoms with Crippen LogP contribution in [0.4, 0.5) is 0 Å². The molecule has 2 aromatic heterocycles. The van der Waals surface area contributed by atoms with E-state index in [1.807, 2.05) is 26.0 Å². The van der Waals surface area contributed by atoms with Crippen LogP contribution in [0.3, 0.4) is 0 Å². The summed E-state index contributed by atoms with van der Waals surface area (Å²) in [5.74, 6) is -0.0778. The maximum atomic E-state index is 12.4. The summed E-state index contributed by atoms with van der Waals surface area (Å²) in [6, 6.07) is 5.47. The van der Waals surface area contributed by atoms with Crippen LogP contribution in [-0.4, -0.2) is 27.4 Å². The lowest BCUT2D eigenvalue weighted by atomic mass is 10.1. The van der Waals surface area contributed by atoms with Gasteiger partial charge >= 0.3 is 0 Å². The van der Waals surface area contributed by atoms with E-state index >= 15 is 0 Å². The van der Waals surface area contributed by atoms with Crippen molar-refractivity contribution in [2.24, 2.45) is 0 Å². The molecule has 0 unspecified atom stereocenters. The van der Waals surface area contributed by atoms with Crippen LogP contribution in [0.25, 0.3) is 11.0 Å². The molecule has 0 bridgehead atoms. The molecule has 128 valence electrons. The van der Waals surface area contributed by atoms with E-state index < -0.39 is 0 Å². The van der Waals surface area contributed by atoms with Crippen molar-refractivity contribution in [2.75, 3.05) is 6.54 Å². The fourth-order valence-corrected chi connectivity index (χ4v) is 4.26. The number of hydrogen-bond acceptors (Lipinski definition) is 5. The Morgan fingerprint density at radius 2 is 1.92 bits per heavy atom. The lowest BCUT2D eigenvalue weighted by Gasteiger charge is -2.06. The number of fused-ring (bicyclic) bond motifs is 2. The Morgan fingerprint density at radius 3 is 2.72 bits per heavy atom. The van der Waals surface area contributed by atoms with Crippen LogP contribution in [-0.2, 0) is 19.3 Å². The van der Waals surface area contributed by atoms with Gasteiger partial charge in [-0.05, 0) is 51.3 Å². The smallest absolute Gasteiger partial charge is 0.251 e. The largest absolute Gasteiger partial charge is 0.352 e. The summed E-state index contributed by atoms with van der Waals surface area (Å²) in [4.78, 5) is 27.5. The van der Waals surface area contributed by atoms with Gasteiger partial charge in [-0.3, -0.25) is 4.79 Å². The van der Waals surface area contributed by atoms with Gasteiger partial charge in [0, 0.05) is 23.4 Å². The Hall–Kier alpha value is -2.34. The van der Waals surface area contributed by atoms with Crippen molar-refractivity contribution in [1.29, 1.82) is 0 Å². The molecule has 0 spiro atoms. The Labute approximate surface area is 150 Å². The van der Waals surface area contributed by atoms with E-state index in [4.69, 9.17) is 0 Å². The van der Waals surface area contributed by atoms with E-state index in [9.17, 15) is 4.79 Å². The van der Waals surface area contributed by atoms with Crippen molar-refractivity contribution in [3.63, 3.8) is 0 Å². The molecule has 0 fully saturated rings. The minimum atomic E-state index is -0.0778. The first kappa shape index (κ1) is 16.1. The fourth-order valence-electron chi connectivity index (χ4n) is 3.11. The zero-order valence-electron chi connectivity index (χ0n) is 14.4. The van der Waals surface area contributed by atoms with Gasteiger partial charge < -0.3 is 5.32 Å². The first-order valence-electron chi connectivity index (χ1n) is 8.61. The summed E-state index contributed by atoms with van der Waals surface area (Å²) in [5.41, 5.74) is 5.27. The van der Waals surface area contributed by atoms with Crippen molar-refractivity contribution in [3.8, 4) is 0 Å². The highest BCUT2D eigenvalue weighted by Gasteiger charge is 2.16. The average Bonchev–Trinajstić information content (AvgIpc) is 3.17. The van der Waals surface area contributed by atoms with Crippen LogP contribution in [0.1, 0.15) is 43.7 Å². The van der Waals surface area contributed by atoms with Crippen LogP contribution in [0.15, 0.2) is 18.2 Å². The number of benzene rings is 1. The van der Waals surface area contributed by atoms with Gasteiger partial charge in [-0.2, -0.15) is 0 Å². The van der Waals surface area contributed by atoms with E-state index in [1.165, 1.54) is 17.0 Å². The molecule has 4 rings (SSSR count). The number of hydrogen-bond donors (Lipinski definition) is 1. The molecule has 0 radical (unpaired) electrons. The van der Waals surface area contributed by atoms with Crippen LogP contribution in [0.2, 0.25) is 0 Å². The third-order valence-electron chi connectivity index (χ3n) is 4.60. The quantitative estimate of drug-likeness (QED) is 0.783. The highest BCUT2D eigenvalue weighted by molar-refractivity contribution is 7.11.